The van der Waals surface area contributed by atoms with Crippen LogP contribution in [0.15, 0.2) is 36.5 Å². The van der Waals surface area contributed by atoms with Crippen molar-refractivity contribution in [3.8, 4) is 0 Å². The van der Waals surface area contributed by atoms with Crippen molar-refractivity contribution in [2.45, 2.75) is 19.4 Å². The third-order valence-electron chi connectivity index (χ3n) is 3.59. The molecule has 5 nitrogen and oxygen atoms in total. The number of nitrogens with zero attached hydrogens (tertiary/aromatic N) is 2. The second kappa shape index (κ2) is 4.52. The second-order valence-electron chi connectivity index (χ2n) is 5.06. The maximum absolute atomic E-state index is 11.6. The van der Waals surface area contributed by atoms with Crippen LogP contribution in [0.1, 0.15) is 22.8 Å². The maximum Gasteiger partial charge on any atom is 0.252 e. The standard InChI is InChI=1S/C15H16N4O/c1-9-6-10-4-2-3-5-13(10)19(9)15-12(14(17)20)7-11(16)8-18-15/h2-5,7-9H,6,16H2,1H3,(H2,17,20). The SMILES string of the molecule is CC1Cc2ccccc2N1c1ncc(N)cc1C(N)=O. The molecule has 1 atom stereocenters. The summed E-state index contributed by atoms with van der Waals surface area (Å²) in [6.45, 7) is 2.10. The Labute approximate surface area is 117 Å². The highest BCUT2D eigenvalue weighted by molar-refractivity contribution is 5.99. The number of nitrogens with two attached hydrogens (primary N) is 2. The van der Waals surface area contributed by atoms with E-state index >= 15 is 0 Å². The summed E-state index contributed by atoms with van der Waals surface area (Å²) >= 11 is 0. The molecule has 2 heterocycles. The minimum Gasteiger partial charge on any atom is -0.397 e. The number of carbonyl (C=O) groups excluding carboxylic acids is 1. The van der Waals surface area contributed by atoms with Crippen LogP contribution < -0.4 is 16.4 Å². The summed E-state index contributed by atoms with van der Waals surface area (Å²) in [6, 6.07) is 9.92. The Hall–Kier alpha value is -2.56. The number of carbonyl (C=O) groups is 1. The molecule has 3 rings (SSSR count). The first-order valence-corrected chi connectivity index (χ1v) is 6.50. The van der Waals surface area contributed by atoms with Crippen LogP contribution in [-0.4, -0.2) is 16.9 Å². The van der Waals surface area contributed by atoms with Gasteiger partial charge in [-0.25, -0.2) is 4.98 Å². The normalized spacial score (nSPS) is 17.1. The number of para-hydroxylation sites is 1. The summed E-state index contributed by atoms with van der Waals surface area (Å²) in [5, 5.41) is 0. The summed E-state index contributed by atoms with van der Waals surface area (Å²) in [4.78, 5) is 18.0. The lowest BCUT2D eigenvalue weighted by Gasteiger charge is -2.25. The van der Waals surface area contributed by atoms with Crippen molar-refractivity contribution in [1.82, 2.24) is 4.98 Å². The number of pyridine rings is 1. The molecule has 0 fully saturated rings. The highest BCUT2D eigenvalue weighted by atomic mass is 16.1. The number of anilines is 3. The van der Waals surface area contributed by atoms with E-state index < -0.39 is 5.91 Å². The van der Waals surface area contributed by atoms with Crippen molar-refractivity contribution in [1.29, 1.82) is 0 Å². The fourth-order valence-corrected chi connectivity index (χ4v) is 2.74. The van der Waals surface area contributed by atoms with Gasteiger partial charge in [0.15, 0.2) is 0 Å². The number of benzene rings is 1. The lowest BCUT2D eigenvalue weighted by Crippen LogP contribution is -2.28. The van der Waals surface area contributed by atoms with E-state index in [-0.39, 0.29) is 6.04 Å². The molecule has 0 spiro atoms. The van der Waals surface area contributed by atoms with Crippen molar-refractivity contribution in [2.75, 3.05) is 10.6 Å². The molecule has 1 unspecified atom stereocenters. The summed E-state index contributed by atoms with van der Waals surface area (Å²) in [7, 11) is 0. The Morgan fingerprint density at radius 2 is 2.15 bits per heavy atom. The van der Waals surface area contributed by atoms with Gasteiger partial charge in [-0.1, -0.05) is 18.2 Å². The minimum atomic E-state index is -0.517. The second-order valence-corrected chi connectivity index (χ2v) is 5.06. The lowest BCUT2D eigenvalue weighted by molar-refractivity contribution is 0.100. The zero-order valence-electron chi connectivity index (χ0n) is 11.2. The van der Waals surface area contributed by atoms with Gasteiger partial charge in [0.25, 0.3) is 5.91 Å². The van der Waals surface area contributed by atoms with Gasteiger partial charge in [-0.3, -0.25) is 4.79 Å². The van der Waals surface area contributed by atoms with Crippen molar-refractivity contribution in [3.05, 3.63) is 47.7 Å². The number of amides is 1. The average molecular weight is 268 g/mol. The Balaban J connectivity index is 2.17. The van der Waals surface area contributed by atoms with Gasteiger partial charge in [0.1, 0.15) is 5.82 Å². The smallest absolute Gasteiger partial charge is 0.252 e. The fraction of sp³-hybridized carbons (Fsp3) is 0.200. The van der Waals surface area contributed by atoms with E-state index in [0.717, 1.165) is 12.1 Å². The van der Waals surface area contributed by atoms with E-state index in [1.807, 2.05) is 18.2 Å². The molecule has 1 aromatic heterocycles. The number of fused-ring (bicyclic) bond motifs is 1. The molecule has 20 heavy (non-hydrogen) atoms. The Morgan fingerprint density at radius 1 is 1.40 bits per heavy atom. The zero-order valence-corrected chi connectivity index (χ0v) is 11.2. The van der Waals surface area contributed by atoms with Crippen LogP contribution in [0.3, 0.4) is 0 Å². The molecule has 1 amide bonds. The molecule has 5 heteroatoms. The quantitative estimate of drug-likeness (QED) is 0.870. The largest absolute Gasteiger partial charge is 0.397 e. The predicted molar refractivity (Wildman–Crippen MR) is 78.9 cm³/mol. The van der Waals surface area contributed by atoms with E-state index in [0.29, 0.717) is 17.1 Å². The topological polar surface area (TPSA) is 85.2 Å². The molecular weight excluding hydrogens is 252 g/mol. The molecule has 4 N–H and O–H groups in total. The van der Waals surface area contributed by atoms with Crippen LogP contribution in [0, 0.1) is 0 Å². The van der Waals surface area contributed by atoms with E-state index in [1.54, 1.807) is 12.3 Å². The van der Waals surface area contributed by atoms with Gasteiger partial charge in [0.2, 0.25) is 0 Å². The van der Waals surface area contributed by atoms with Crippen LogP contribution >= 0.6 is 0 Å². The molecular formula is C15H16N4O. The summed E-state index contributed by atoms with van der Waals surface area (Å²) in [6.07, 6.45) is 2.47. The van der Waals surface area contributed by atoms with E-state index in [1.165, 1.54) is 5.56 Å². The van der Waals surface area contributed by atoms with Gasteiger partial charge in [0, 0.05) is 11.7 Å². The molecule has 0 saturated heterocycles. The summed E-state index contributed by atoms with van der Waals surface area (Å²) in [5.41, 5.74) is 14.3. The van der Waals surface area contributed by atoms with Crippen LogP contribution in [0.4, 0.5) is 17.2 Å². The minimum absolute atomic E-state index is 0.224. The van der Waals surface area contributed by atoms with Gasteiger partial charge in [-0.2, -0.15) is 0 Å². The van der Waals surface area contributed by atoms with Crippen molar-refractivity contribution in [2.24, 2.45) is 5.73 Å². The summed E-state index contributed by atoms with van der Waals surface area (Å²) in [5.74, 6) is 0.0560. The van der Waals surface area contributed by atoms with Gasteiger partial charge in [-0.15, -0.1) is 0 Å². The molecule has 0 aliphatic carbocycles. The van der Waals surface area contributed by atoms with Crippen LogP contribution in [0.5, 0.6) is 0 Å². The molecule has 1 aliphatic heterocycles. The van der Waals surface area contributed by atoms with E-state index in [2.05, 4.69) is 22.9 Å². The predicted octanol–water partition coefficient (Wildman–Crippen LogP) is 1.85. The third-order valence-corrected chi connectivity index (χ3v) is 3.59. The highest BCUT2D eigenvalue weighted by Gasteiger charge is 2.30. The van der Waals surface area contributed by atoms with Crippen molar-refractivity contribution in [3.63, 3.8) is 0 Å². The van der Waals surface area contributed by atoms with Crippen LogP contribution in [-0.2, 0) is 6.42 Å². The first-order chi connectivity index (χ1) is 9.58. The van der Waals surface area contributed by atoms with Crippen molar-refractivity contribution >= 4 is 23.1 Å². The van der Waals surface area contributed by atoms with E-state index in [4.69, 9.17) is 11.5 Å². The Kier molecular flexibility index (Phi) is 2.82. The van der Waals surface area contributed by atoms with Gasteiger partial charge >= 0.3 is 0 Å². The van der Waals surface area contributed by atoms with E-state index in [9.17, 15) is 4.79 Å². The van der Waals surface area contributed by atoms with Crippen molar-refractivity contribution < 1.29 is 4.79 Å². The Morgan fingerprint density at radius 3 is 2.90 bits per heavy atom. The maximum atomic E-state index is 11.6. The number of nitrogen functional groups attached to an aromatic ring is 1. The highest BCUT2D eigenvalue weighted by Crippen LogP contribution is 2.38. The van der Waals surface area contributed by atoms with Gasteiger partial charge in [-0.05, 0) is 31.0 Å². The third kappa shape index (κ3) is 1.87. The Bertz CT molecular complexity index is 683. The molecule has 0 saturated carbocycles. The molecule has 1 aliphatic rings. The van der Waals surface area contributed by atoms with Gasteiger partial charge in [0.05, 0.1) is 17.4 Å². The van der Waals surface area contributed by atoms with Crippen LogP contribution in [0.2, 0.25) is 0 Å². The summed E-state index contributed by atoms with van der Waals surface area (Å²) < 4.78 is 0. The molecule has 102 valence electrons. The fourth-order valence-electron chi connectivity index (χ4n) is 2.74. The number of aromatic nitrogens is 1. The molecule has 0 bridgehead atoms. The monoisotopic (exact) mass is 268 g/mol. The number of primary amides is 1. The van der Waals surface area contributed by atoms with Gasteiger partial charge < -0.3 is 16.4 Å². The first kappa shape index (κ1) is 12.5. The van der Waals surface area contributed by atoms with Crippen LogP contribution in [0.25, 0.3) is 0 Å². The lowest BCUT2D eigenvalue weighted by atomic mass is 10.1. The average Bonchev–Trinajstić information content (AvgIpc) is 2.74. The molecule has 0 radical (unpaired) electrons. The first-order valence-electron chi connectivity index (χ1n) is 6.50. The number of rotatable bonds is 2. The number of hydrogen-bond donors (Lipinski definition) is 2. The molecule has 1 aromatic carbocycles. The number of hydrogen-bond acceptors (Lipinski definition) is 4. The zero-order chi connectivity index (χ0) is 14.3. The molecule has 2 aromatic rings.